The number of halogens is 10. The van der Waals surface area contributed by atoms with Gasteiger partial charge in [0.25, 0.3) is 0 Å². The third-order valence-corrected chi connectivity index (χ3v) is 3.48. The maximum Gasteiger partial charge on any atom is 0.411 e. The highest BCUT2D eigenvalue weighted by Gasteiger charge is 2.88. The van der Waals surface area contributed by atoms with Crippen LogP contribution < -0.4 is 0 Å². The van der Waals surface area contributed by atoms with Crippen LogP contribution in [0.25, 0.3) is 0 Å². The van der Waals surface area contributed by atoms with Crippen LogP contribution in [0.1, 0.15) is 0 Å². The van der Waals surface area contributed by atoms with Gasteiger partial charge in [-0.2, -0.15) is 43.9 Å². The van der Waals surface area contributed by atoms with Crippen molar-refractivity contribution in [2.45, 2.75) is 28.3 Å². The van der Waals surface area contributed by atoms with Crippen molar-refractivity contribution in [1.82, 2.24) is 0 Å². The molecular weight excluding hydrogens is 378 g/mol. The summed E-state index contributed by atoms with van der Waals surface area (Å²) in [5.41, 5.74) is 0. The van der Waals surface area contributed by atoms with E-state index in [1.807, 2.05) is 0 Å². The minimum Gasteiger partial charge on any atom is -0.225 e. The topological polar surface area (TPSA) is 68.3 Å². The molecule has 0 unspecified atom stereocenters. The second-order valence-electron chi connectivity index (χ2n) is 3.32. The molecule has 0 saturated carbocycles. The molecule has 0 spiro atoms. The van der Waals surface area contributed by atoms with Crippen LogP contribution in [0.2, 0.25) is 0 Å². The van der Waals surface area contributed by atoms with Gasteiger partial charge in [0.15, 0.2) is 0 Å². The van der Waals surface area contributed by atoms with Crippen molar-refractivity contribution in [3.8, 4) is 0 Å². The van der Waals surface area contributed by atoms with Crippen molar-refractivity contribution in [3.05, 3.63) is 0 Å². The van der Waals surface area contributed by atoms with Crippen LogP contribution in [-0.4, -0.2) is 45.1 Å². The van der Waals surface area contributed by atoms with Gasteiger partial charge in [0.2, 0.25) is 21.4 Å². The van der Waals surface area contributed by atoms with Gasteiger partial charge in [-0.3, -0.25) is 0 Å². The number of alkyl halides is 10. The molecule has 0 aliphatic carbocycles. The Morgan fingerprint density at radius 3 is 0.762 bits per heavy atom. The molecule has 0 bridgehead atoms. The normalized spacial score (nSPS) is 15.8. The Kier molecular flexibility index (Phi) is 4.94. The highest BCUT2D eigenvalue weighted by molar-refractivity contribution is 7.74. The molecule has 21 heavy (non-hydrogen) atoms. The highest BCUT2D eigenvalue weighted by atomic mass is 32.2. The van der Waals surface area contributed by atoms with Gasteiger partial charge in [0.1, 0.15) is 0 Å². The predicted octanol–water partition coefficient (Wildman–Crippen LogP) is 1.30. The first kappa shape index (κ1) is 20.2. The number of hydrogen-bond donors (Lipinski definition) is 2. The van der Waals surface area contributed by atoms with Gasteiger partial charge in [-0.15, -0.1) is 0 Å². The Labute approximate surface area is 111 Å². The van der Waals surface area contributed by atoms with E-state index in [1.165, 1.54) is 0 Å². The van der Waals surface area contributed by atoms with Crippen LogP contribution in [0.4, 0.5) is 43.9 Å². The molecule has 0 aliphatic heterocycles. The Morgan fingerprint density at radius 2 is 0.619 bits per heavy atom. The predicted molar refractivity (Wildman–Crippen MR) is 45.4 cm³/mol. The van der Waals surface area contributed by atoms with Crippen molar-refractivity contribution in [1.29, 1.82) is 0 Å². The third-order valence-electron chi connectivity index (χ3n) is 2.00. The summed E-state index contributed by atoms with van der Waals surface area (Å²) in [6, 6.07) is 0. The largest absolute Gasteiger partial charge is 0.411 e. The monoisotopic (exact) mass is 380 g/mol. The van der Waals surface area contributed by atoms with Crippen LogP contribution in [0.3, 0.4) is 0 Å². The molecule has 0 radical (unpaired) electrons. The van der Waals surface area contributed by atoms with Gasteiger partial charge < -0.3 is 0 Å². The molecule has 0 rings (SSSR count). The molecule has 4 nitrogen and oxygen atoms in total. The lowest BCUT2D eigenvalue weighted by Crippen LogP contribution is -2.67. The fraction of sp³-hybridized carbons (Fsp3) is 1.00. The molecule has 128 valence electrons. The minimum absolute atomic E-state index is 5.79. The first-order valence-electron chi connectivity index (χ1n) is 4.07. The van der Waals surface area contributed by atoms with Crippen LogP contribution >= 0.6 is 0 Å². The minimum atomic E-state index is -7.71. The van der Waals surface area contributed by atoms with E-state index in [4.69, 9.17) is 0 Å². The lowest BCUT2D eigenvalue weighted by atomic mass is 10.0. The Hall–Kier alpha value is -0.800. The van der Waals surface area contributed by atoms with E-state index in [0.29, 0.717) is 0 Å². The number of hydrogen-bond acceptors (Lipinski definition) is 4. The summed E-state index contributed by atoms with van der Waals surface area (Å²) in [6.45, 7) is 0. The molecule has 0 N–H and O–H groups in total. The zero-order valence-electron chi connectivity index (χ0n) is 8.81. The quantitative estimate of drug-likeness (QED) is 0.539. The second kappa shape index (κ2) is 5.13. The van der Waals surface area contributed by atoms with Gasteiger partial charge in [-0.05, 0) is 0 Å². The van der Waals surface area contributed by atoms with Crippen molar-refractivity contribution in [2.75, 3.05) is 0 Å². The smallest absolute Gasteiger partial charge is 0.225 e. The van der Waals surface area contributed by atoms with E-state index in [-0.39, 0.29) is 0 Å². The Morgan fingerprint density at radius 1 is 0.429 bits per heavy atom. The van der Waals surface area contributed by atoms with Gasteiger partial charge in [0.05, 0.1) is 0 Å². The standard InChI is InChI=1S/C5H2F10O4S2/c6-1(7,2(8,9)4(12,13)20(16)17)3(10,11)5(14,15)21(18)19/h20-21H. The van der Waals surface area contributed by atoms with Crippen LogP contribution in [-0.2, 0) is 21.4 Å². The molecule has 0 atom stereocenters. The van der Waals surface area contributed by atoms with E-state index in [9.17, 15) is 60.7 Å². The van der Waals surface area contributed by atoms with Crippen molar-refractivity contribution in [3.63, 3.8) is 0 Å². The fourth-order valence-corrected chi connectivity index (χ4v) is 1.54. The molecular formula is C5H2F10O4S2. The summed E-state index contributed by atoms with van der Waals surface area (Å²) < 4.78 is 164. The molecule has 0 aromatic carbocycles. The zero-order chi connectivity index (χ0) is 17.7. The Balaban J connectivity index is 6.34. The summed E-state index contributed by atoms with van der Waals surface area (Å²) >= 11 is 0. The van der Waals surface area contributed by atoms with Crippen molar-refractivity contribution >= 4 is 21.4 Å². The van der Waals surface area contributed by atoms with Crippen LogP contribution in [0, 0.1) is 0 Å². The molecule has 0 aromatic rings. The molecule has 0 aromatic heterocycles. The maximum atomic E-state index is 12.7. The molecule has 0 fully saturated rings. The van der Waals surface area contributed by atoms with E-state index >= 15 is 0 Å². The van der Waals surface area contributed by atoms with Crippen molar-refractivity contribution < 1.29 is 60.7 Å². The summed E-state index contributed by atoms with van der Waals surface area (Å²) in [4.78, 5) is 0. The van der Waals surface area contributed by atoms with E-state index in [0.717, 1.165) is 0 Å². The highest BCUT2D eigenvalue weighted by Crippen LogP contribution is 2.57. The summed E-state index contributed by atoms with van der Waals surface area (Å²) in [6.07, 6.45) is 0. The molecule has 16 heteroatoms. The zero-order valence-corrected chi connectivity index (χ0v) is 10.6. The van der Waals surface area contributed by atoms with E-state index < -0.39 is 49.7 Å². The molecule has 0 saturated heterocycles. The van der Waals surface area contributed by atoms with E-state index in [1.54, 1.807) is 0 Å². The molecule has 0 amide bonds. The second-order valence-corrected chi connectivity index (χ2v) is 5.47. The van der Waals surface area contributed by atoms with Gasteiger partial charge in [-0.25, -0.2) is 16.8 Å². The summed E-state index contributed by atoms with van der Waals surface area (Å²) in [5, 5.41) is -13.7. The van der Waals surface area contributed by atoms with Crippen LogP contribution in [0.15, 0.2) is 0 Å². The average molecular weight is 380 g/mol. The number of thiol groups is 2. The summed E-state index contributed by atoms with van der Waals surface area (Å²) in [7, 11) is -11.6. The molecule has 0 aliphatic rings. The Bertz CT molecular complexity index is 498. The third kappa shape index (κ3) is 2.55. The van der Waals surface area contributed by atoms with Crippen LogP contribution in [0.5, 0.6) is 0 Å². The van der Waals surface area contributed by atoms with Crippen molar-refractivity contribution in [2.24, 2.45) is 0 Å². The lowest BCUT2D eigenvalue weighted by Gasteiger charge is -2.36. The average Bonchev–Trinajstić information content (AvgIpc) is 2.27. The first-order chi connectivity index (χ1) is 8.89. The van der Waals surface area contributed by atoms with Gasteiger partial charge >= 0.3 is 28.3 Å². The van der Waals surface area contributed by atoms with E-state index in [2.05, 4.69) is 0 Å². The molecule has 0 heterocycles. The number of rotatable bonds is 6. The SMILES string of the molecule is O=[SH](=O)C(F)(F)C(F)(F)C(F)(F)C(F)(F)C(F)(F)[SH](=O)=O. The van der Waals surface area contributed by atoms with Gasteiger partial charge in [-0.1, -0.05) is 0 Å². The first-order valence-corrected chi connectivity index (χ1v) is 6.42. The maximum absolute atomic E-state index is 12.7. The fourth-order valence-electron chi connectivity index (χ4n) is 0.804. The lowest BCUT2D eigenvalue weighted by molar-refractivity contribution is -0.374. The van der Waals surface area contributed by atoms with Gasteiger partial charge in [0, 0.05) is 0 Å². The summed E-state index contributed by atoms with van der Waals surface area (Å²) in [5.74, 6) is -22.8.